The number of carbonyl (C=O) groups is 2. The van der Waals surface area contributed by atoms with Gasteiger partial charge in [-0.3, -0.25) is 9.59 Å². The van der Waals surface area contributed by atoms with E-state index in [2.05, 4.69) is 23.6 Å². The topological polar surface area (TPSA) is 74.3 Å². The van der Waals surface area contributed by atoms with Crippen LogP contribution in [0.4, 0.5) is 22.2 Å². The number of thiazole rings is 1. The lowest BCUT2D eigenvalue weighted by Gasteiger charge is -2.20. The predicted molar refractivity (Wildman–Crippen MR) is 118 cm³/mol. The zero-order chi connectivity index (χ0) is 20.5. The minimum atomic E-state index is -0.104. The summed E-state index contributed by atoms with van der Waals surface area (Å²) < 4.78 is 0. The Bertz CT molecular complexity index is 1090. The number of nitrogens with zero attached hydrogens (tertiary/aromatic N) is 2. The number of benzene rings is 2. The van der Waals surface area contributed by atoms with Gasteiger partial charge in [0.2, 0.25) is 11.8 Å². The Morgan fingerprint density at radius 1 is 1.14 bits per heavy atom. The Morgan fingerprint density at radius 3 is 2.69 bits per heavy atom. The minimum Gasteiger partial charge on any atom is -0.331 e. The van der Waals surface area contributed by atoms with E-state index in [0.717, 1.165) is 39.9 Å². The quantitative estimate of drug-likeness (QED) is 0.652. The number of anilines is 4. The highest BCUT2D eigenvalue weighted by Crippen LogP contribution is 2.36. The van der Waals surface area contributed by atoms with Crippen molar-refractivity contribution < 1.29 is 9.59 Å². The first-order chi connectivity index (χ1) is 13.9. The number of amides is 2. The molecular formula is C22H22N4O2S. The van der Waals surface area contributed by atoms with Crippen LogP contribution in [0.2, 0.25) is 0 Å². The molecule has 0 radical (unpaired) electrons. The smallest absolute Gasteiger partial charge is 0.224 e. The molecule has 6 nitrogen and oxygen atoms in total. The second kappa shape index (κ2) is 7.67. The van der Waals surface area contributed by atoms with Crippen molar-refractivity contribution in [1.29, 1.82) is 0 Å². The monoisotopic (exact) mass is 406 g/mol. The van der Waals surface area contributed by atoms with Crippen LogP contribution in [0.3, 0.4) is 0 Å². The van der Waals surface area contributed by atoms with Crippen molar-refractivity contribution in [2.45, 2.75) is 33.2 Å². The molecular weight excluding hydrogens is 384 g/mol. The van der Waals surface area contributed by atoms with Gasteiger partial charge in [-0.15, -0.1) is 11.3 Å². The van der Waals surface area contributed by atoms with Gasteiger partial charge in [-0.2, -0.15) is 0 Å². The highest BCUT2D eigenvalue weighted by atomic mass is 32.1. The molecule has 1 atom stereocenters. The van der Waals surface area contributed by atoms with Gasteiger partial charge in [-0.1, -0.05) is 12.1 Å². The summed E-state index contributed by atoms with van der Waals surface area (Å²) in [6.07, 6.45) is 0.855. The largest absolute Gasteiger partial charge is 0.331 e. The number of aromatic nitrogens is 1. The van der Waals surface area contributed by atoms with E-state index < -0.39 is 0 Å². The van der Waals surface area contributed by atoms with Crippen molar-refractivity contribution in [1.82, 2.24) is 4.98 Å². The molecule has 2 heterocycles. The highest BCUT2D eigenvalue weighted by Gasteiger charge is 2.29. The second-order valence-corrected chi connectivity index (χ2v) is 8.07. The summed E-state index contributed by atoms with van der Waals surface area (Å²) in [4.78, 5) is 29.7. The fourth-order valence-corrected chi connectivity index (χ4v) is 4.48. The molecule has 148 valence electrons. The zero-order valence-corrected chi connectivity index (χ0v) is 17.3. The number of hydrogen-bond donors (Lipinski definition) is 2. The Morgan fingerprint density at radius 2 is 1.93 bits per heavy atom. The predicted octanol–water partition coefficient (Wildman–Crippen LogP) is 4.81. The number of rotatable bonds is 4. The molecule has 0 aliphatic carbocycles. The summed E-state index contributed by atoms with van der Waals surface area (Å²) in [5.41, 5.74) is 5.71. The summed E-state index contributed by atoms with van der Waals surface area (Å²) in [5, 5.41) is 8.86. The van der Waals surface area contributed by atoms with Gasteiger partial charge in [0.25, 0.3) is 0 Å². The summed E-state index contributed by atoms with van der Waals surface area (Å²) >= 11 is 1.52. The van der Waals surface area contributed by atoms with Crippen molar-refractivity contribution >= 4 is 45.3 Å². The van der Waals surface area contributed by atoms with Gasteiger partial charge in [0, 0.05) is 47.9 Å². The first kappa shape index (κ1) is 19.1. The number of hydrogen-bond acceptors (Lipinski definition) is 5. The summed E-state index contributed by atoms with van der Waals surface area (Å²) in [6, 6.07) is 13.9. The number of fused-ring (bicyclic) bond motifs is 1. The Hall–Kier alpha value is -3.19. The molecule has 1 aromatic heterocycles. The molecule has 3 aromatic rings. The maximum absolute atomic E-state index is 11.9. The third kappa shape index (κ3) is 4.00. The van der Waals surface area contributed by atoms with Crippen molar-refractivity contribution in [2.24, 2.45) is 0 Å². The second-order valence-electron chi connectivity index (χ2n) is 7.21. The molecule has 2 amide bonds. The lowest BCUT2D eigenvalue weighted by Crippen LogP contribution is -2.33. The molecule has 0 saturated carbocycles. The van der Waals surface area contributed by atoms with Gasteiger partial charge >= 0.3 is 0 Å². The van der Waals surface area contributed by atoms with E-state index in [1.54, 1.807) is 6.92 Å². The standard InChI is InChI=1S/C22H22N4O2S/c1-13-9-17-10-16(7-8-21(17)26(13)15(3)28)20-12-29-22(25-20)24-19-6-4-5-18(11-19)23-14(2)27/h4-8,10-13H,9H2,1-3H3,(H,23,27)(H,24,25). The molecule has 4 rings (SSSR count). The van der Waals surface area contributed by atoms with Crippen LogP contribution >= 0.6 is 11.3 Å². The fraction of sp³-hybridized carbons (Fsp3) is 0.227. The highest BCUT2D eigenvalue weighted by molar-refractivity contribution is 7.14. The van der Waals surface area contributed by atoms with Gasteiger partial charge in [-0.05, 0) is 49.2 Å². The lowest BCUT2D eigenvalue weighted by atomic mass is 10.1. The number of carbonyl (C=O) groups excluding carboxylic acids is 2. The molecule has 7 heteroatoms. The van der Waals surface area contributed by atoms with E-state index in [-0.39, 0.29) is 17.9 Å². The SMILES string of the molecule is CC(=O)Nc1cccc(Nc2nc(-c3ccc4c(c3)CC(C)N4C(C)=O)cs2)c1. The molecule has 0 saturated heterocycles. The molecule has 0 spiro atoms. The van der Waals surface area contributed by atoms with Crippen LogP contribution in [0.15, 0.2) is 47.8 Å². The summed E-state index contributed by atoms with van der Waals surface area (Å²) in [6.45, 7) is 5.17. The van der Waals surface area contributed by atoms with Gasteiger partial charge in [0.1, 0.15) is 0 Å². The molecule has 2 aromatic carbocycles. The molecule has 0 fully saturated rings. The van der Waals surface area contributed by atoms with Gasteiger partial charge < -0.3 is 15.5 Å². The average Bonchev–Trinajstić information content (AvgIpc) is 3.24. The lowest BCUT2D eigenvalue weighted by molar-refractivity contribution is -0.117. The number of nitrogens with one attached hydrogen (secondary N) is 2. The molecule has 0 bridgehead atoms. The summed E-state index contributed by atoms with van der Waals surface area (Å²) in [5.74, 6) is -0.0291. The minimum absolute atomic E-state index is 0.0747. The molecule has 1 aliphatic heterocycles. The van der Waals surface area contributed by atoms with E-state index in [1.165, 1.54) is 23.8 Å². The normalized spacial score (nSPS) is 15.1. The van der Waals surface area contributed by atoms with Crippen LogP contribution in [-0.2, 0) is 16.0 Å². The first-order valence-electron chi connectivity index (χ1n) is 9.44. The van der Waals surface area contributed by atoms with E-state index in [4.69, 9.17) is 4.98 Å². The van der Waals surface area contributed by atoms with Crippen molar-refractivity contribution in [3.8, 4) is 11.3 Å². The van der Waals surface area contributed by atoms with E-state index in [9.17, 15) is 9.59 Å². The van der Waals surface area contributed by atoms with Gasteiger partial charge in [0.15, 0.2) is 5.13 Å². The zero-order valence-electron chi connectivity index (χ0n) is 16.5. The summed E-state index contributed by atoms with van der Waals surface area (Å²) in [7, 11) is 0. The Kier molecular flexibility index (Phi) is 5.07. The molecule has 1 unspecified atom stereocenters. The van der Waals surface area contributed by atoms with Crippen LogP contribution in [0.5, 0.6) is 0 Å². The average molecular weight is 407 g/mol. The fourth-order valence-electron chi connectivity index (χ4n) is 3.74. The maximum atomic E-state index is 11.9. The van der Waals surface area contributed by atoms with Crippen LogP contribution in [0.25, 0.3) is 11.3 Å². The van der Waals surface area contributed by atoms with Crippen LogP contribution in [0, 0.1) is 0 Å². The van der Waals surface area contributed by atoms with E-state index in [0.29, 0.717) is 0 Å². The molecule has 1 aliphatic rings. The van der Waals surface area contributed by atoms with Crippen molar-refractivity contribution in [2.75, 3.05) is 15.5 Å². The van der Waals surface area contributed by atoms with Crippen molar-refractivity contribution in [3.63, 3.8) is 0 Å². The third-order valence-corrected chi connectivity index (χ3v) is 5.63. The Labute approximate surface area is 173 Å². The van der Waals surface area contributed by atoms with Crippen LogP contribution < -0.4 is 15.5 Å². The molecule has 29 heavy (non-hydrogen) atoms. The van der Waals surface area contributed by atoms with Crippen LogP contribution in [-0.4, -0.2) is 22.8 Å². The van der Waals surface area contributed by atoms with Crippen LogP contribution in [0.1, 0.15) is 26.3 Å². The maximum Gasteiger partial charge on any atom is 0.224 e. The van der Waals surface area contributed by atoms with E-state index in [1.807, 2.05) is 46.7 Å². The van der Waals surface area contributed by atoms with E-state index >= 15 is 0 Å². The third-order valence-electron chi connectivity index (χ3n) is 4.87. The molecule has 2 N–H and O–H groups in total. The first-order valence-corrected chi connectivity index (χ1v) is 10.3. The van der Waals surface area contributed by atoms with Crippen molar-refractivity contribution in [3.05, 3.63) is 53.4 Å². The Balaban J connectivity index is 1.54. The van der Waals surface area contributed by atoms with Gasteiger partial charge in [0.05, 0.1) is 5.69 Å². The van der Waals surface area contributed by atoms with Gasteiger partial charge in [-0.25, -0.2) is 4.98 Å².